The lowest BCUT2D eigenvalue weighted by Crippen LogP contribution is -2.31. The largest absolute Gasteiger partial charge is 0.352 e. The van der Waals surface area contributed by atoms with Crippen LogP contribution in [-0.2, 0) is 17.1 Å². The lowest BCUT2D eigenvalue weighted by molar-refractivity contribution is 0.0942. The number of carbonyl (C=O) groups is 1. The molecule has 1 aliphatic rings. The van der Waals surface area contributed by atoms with Crippen LogP contribution in [0.2, 0.25) is 0 Å². The molecule has 0 aliphatic heterocycles. The van der Waals surface area contributed by atoms with E-state index in [1.54, 1.807) is 0 Å². The first-order valence-corrected chi connectivity index (χ1v) is 11.7. The third-order valence-electron chi connectivity index (χ3n) is 6.03. The van der Waals surface area contributed by atoms with Gasteiger partial charge in [0.05, 0.1) is 15.9 Å². The molecule has 158 valence electrons. The molecule has 4 rings (SSSR count). The van der Waals surface area contributed by atoms with E-state index in [2.05, 4.69) is 29.1 Å². The summed E-state index contributed by atoms with van der Waals surface area (Å²) in [5, 5.41) is 8.06. The number of nitrogens with two attached hydrogens (primary N) is 1. The van der Waals surface area contributed by atoms with Gasteiger partial charge in [0.15, 0.2) is 0 Å². The molecule has 3 N–H and O–H groups in total. The Morgan fingerprint density at radius 1 is 1.10 bits per heavy atom. The van der Waals surface area contributed by atoms with E-state index in [1.165, 1.54) is 24.3 Å². The second-order valence-electron chi connectivity index (χ2n) is 8.01. The van der Waals surface area contributed by atoms with Crippen molar-refractivity contribution in [2.24, 2.45) is 18.1 Å². The van der Waals surface area contributed by atoms with Crippen molar-refractivity contribution in [3.05, 3.63) is 59.9 Å². The van der Waals surface area contributed by atoms with Crippen LogP contribution in [0.1, 0.15) is 47.8 Å². The van der Waals surface area contributed by atoms with Crippen molar-refractivity contribution in [3.63, 3.8) is 0 Å². The van der Waals surface area contributed by atoms with Crippen molar-refractivity contribution < 1.29 is 13.2 Å². The highest BCUT2D eigenvalue weighted by molar-refractivity contribution is 7.89. The minimum Gasteiger partial charge on any atom is -0.352 e. The van der Waals surface area contributed by atoms with Crippen LogP contribution in [0.15, 0.2) is 53.4 Å². The predicted molar refractivity (Wildman–Crippen MR) is 116 cm³/mol. The molecule has 0 spiro atoms. The van der Waals surface area contributed by atoms with Crippen LogP contribution in [-0.4, -0.2) is 30.4 Å². The van der Waals surface area contributed by atoms with E-state index in [0.29, 0.717) is 23.9 Å². The lowest BCUT2D eigenvalue weighted by Gasteiger charge is -2.28. The monoisotopic (exact) mass is 426 g/mol. The Bertz CT molecular complexity index is 1160. The van der Waals surface area contributed by atoms with E-state index in [1.807, 2.05) is 12.1 Å². The fourth-order valence-electron chi connectivity index (χ4n) is 4.29. The first kappa shape index (κ1) is 20.6. The van der Waals surface area contributed by atoms with Gasteiger partial charge in [0, 0.05) is 25.1 Å². The van der Waals surface area contributed by atoms with Crippen molar-refractivity contribution in [2.45, 2.75) is 36.5 Å². The zero-order valence-corrected chi connectivity index (χ0v) is 17.7. The highest BCUT2D eigenvalue weighted by Gasteiger charge is 2.26. The lowest BCUT2D eigenvalue weighted by atomic mass is 9.81. The van der Waals surface area contributed by atoms with Crippen LogP contribution in [0.4, 0.5) is 0 Å². The van der Waals surface area contributed by atoms with Gasteiger partial charge in [-0.3, -0.25) is 4.79 Å². The first-order chi connectivity index (χ1) is 14.3. The molecule has 1 aromatic heterocycles. The molecule has 0 radical (unpaired) electrons. The van der Waals surface area contributed by atoms with Crippen molar-refractivity contribution >= 4 is 27.0 Å². The van der Waals surface area contributed by atoms with E-state index in [-0.39, 0.29) is 10.8 Å². The summed E-state index contributed by atoms with van der Waals surface area (Å²) in [6, 6.07) is 13.9. The molecule has 2 aromatic carbocycles. The van der Waals surface area contributed by atoms with E-state index in [9.17, 15) is 13.2 Å². The molecule has 30 heavy (non-hydrogen) atoms. The number of nitrogens with zero attached hydrogens (tertiary/aromatic N) is 2. The zero-order valence-electron chi connectivity index (χ0n) is 16.9. The fourth-order valence-corrected chi connectivity index (χ4v) is 4.80. The summed E-state index contributed by atoms with van der Waals surface area (Å²) in [4.78, 5) is 17.2. The number of aryl methyl sites for hydroxylation is 1. The fraction of sp³-hybridized carbons (Fsp3) is 0.364. The molecular formula is C22H26N4O3S. The van der Waals surface area contributed by atoms with Gasteiger partial charge in [-0.05, 0) is 68.0 Å². The van der Waals surface area contributed by atoms with Crippen LogP contribution >= 0.6 is 0 Å². The molecule has 1 saturated carbocycles. The summed E-state index contributed by atoms with van der Waals surface area (Å²) in [5.74, 6) is 1.82. The minimum absolute atomic E-state index is 0.000631. The summed E-state index contributed by atoms with van der Waals surface area (Å²) >= 11 is 0. The Kier molecular flexibility index (Phi) is 5.62. The SMILES string of the molecule is Cn1c(C2CCC(CNC(=O)c3ccc(S(N)(=O)=O)cc3)CC2)nc2ccccc21. The van der Waals surface area contributed by atoms with Gasteiger partial charge in [0.25, 0.3) is 5.91 Å². The number of hydrogen-bond acceptors (Lipinski definition) is 4. The normalized spacial score (nSPS) is 19.7. The molecule has 1 amide bonds. The van der Waals surface area contributed by atoms with Gasteiger partial charge in [0.2, 0.25) is 10.0 Å². The van der Waals surface area contributed by atoms with E-state index in [4.69, 9.17) is 10.1 Å². The van der Waals surface area contributed by atoms with Crippen molar-refractivity contribution in [2.75, 3.05) is 6.54 Å². The summed E-state index contributed by atoms with van der Waals surface area (Å²) in [7, 11) is -1.67. The number of rotatable bonds is 5. The molecule has 0 saturated heterocycles. The number of primary sulfonamides is 1. The van der Waals surface area contributed by atoms with Gasteiger partial charge >= 0.3 is 0 Å². The van der Waals surface area contributed by atoms with E-state index in [0.717, 1.165) is 42.5 Å². The Balaban J connectivity index is 1.31. The molecule has 1 fully saturated rings. The van der Waals surface area contributed by atoms with Gasteiger partial charge < -0.3 is 9.88 Å². The van der Waals surface area contributed by atoms with E-state index < -0.39 is 10.0 Å². The highest BCUT2D eigenvalue weighted by Crippen LogP contribution is 2.36. The Labute approximate surface area is 176 Å². The molecule has 1 heterocycles. The zero-order chi connectivity index (χ0) is 21.3. The standard InChI is InChI=1S/C22H26N4O3S/c1-26-20-5-3-2-4-19(20)25-21(26)16-8-6-15(7-9-16)14-24-22(27)17-10-12-18(13-11-17)30(23,28)29/h2-5,10-13,15-16H,6-9,14H2,1H3,(H,24,27)(H2,23,28,29). The quantitative estimate of drug-likeness (QED) is 0.654. The number of benzene rings is 2. The minimum atomic E-state index is -3.75. The number of amides is 1. The van der Waals surface area contributed by atoms with Crippen molar-refractivity contribution in [1.29, 1.82) is 0 Å². The maximum atomic E-state index is 12.4. The third-order valence-corrected chi connectivity index (χ3v) is 6.96. The molecule has 1 aliphatic carbocycles. The first-order valence-electron chi connectivity index (χ1n) is 10.2. The average molecular weight is 427 g/mol. The van der Waals surface area contributed by atoms with Crippen LogP contribution in [0.5, 0.6) is 0 Å². The number of para-hydroxylation sites is 2. The topological polar surface area (TPSA) is 107 Å². The predicted octanol–water partition coefficient (Wildman–Crippen LogP) is 2.92. The molecule has 7 nitrogen and oxygen atoms in total. The number of carbonyl (C=O) groups excluding carboxylic acids is 1. The van der Waals surface area contributed by atoms with Crippen molar-refractivity contribution in [3.8, 4) is 0 Å². The molecule has 0 unspecified atom stereocenters. The number of hydrogen-bond donors (Lipinski definition) is 2. The van der Waals surface area contributed by atoms with Gasteiger partial charge in [-0.25, -0.2) is 18.5 Å². The van der Waals surface area contributed by atoms with Crippen LogP contribution in [0, 0.1) is 5.92 Å². The molecule has 0 atom stereocenters. The maximum Gasteiger partial charge on any atom is 0.251 e. The van der Waals surface area contributed by atoms with Gasteiger partial charge in [-0.2, -0.15) is 0 Å². The Morgan fingerprint density at radius 3 is 2.40 bits per heavy atom. The van der Waals surface area contributed by atoms with Gasteiger partial charge in [-0.15, -0.1) is 0 Å². The van der Waals surface area contributed by atoms with E-state index >= 15 is 0 Å². The Hall–Kier alpha value is -2.71. The second-order valence-corrected chi connectivity index (χ2v) is 9.58. The van der Waals surface area contributed by atoms with Gasteiger partial charge in [-0.1, -0.05) is 12.1 Å². The number of nitrogens with one attached hydrogen (secondary N) is 1. The number of aromatic nitrogens is 2. The molecular weight excluding hydrogens is 400 g/mol. The molecule has 3 aromatic rings. The van der Waals surface area contributed by atoms with Crippen molar-refractivity contribution in [1.82, 2.24) is 14.9 Å². The van der Waals surface area contributed by atoms with Gasteiger partial charge in [0.1, 0.15) is 5.82 Å². The smallest absolute Gasteiger partial charge is 0.251 e. The number of imidazole rings is 1. The van der Waals surface area contributed by atoms with Crippen LogP contribution < -0.4 is 10.5 Å². The molecule has 8 heteroatoms. The average Bonchev–Trinajstić information content (AvgIpc) is 3.09. The highest BCUT2D eigenvalue weighted by atomic mass is 32.2. The number of sulfonamides is 1. The third kappa shape index (κ3) is 4.24. The summed E-state index contributed by atoms with van der Waals surface area (Å²) < 4.78 is 24.8. The van der Waals surface area contributed by atoms with Crippen LogP contribution in [0.3, 0.4) is 0 Å². The van der Waals surface area contributed by atoms with Crippen LogP contribution in [0.25, 0.3) is 11.0 Å². The molecule has 0 bridgehead atoms. The Morgan fingerprint density at radius 2 is 1.77 bits per heavy atom. The maximum absolute atomic E-state index is 12.4. The summed E-state index contributed by atoms with van der Waals surface area (Å²) in [5.41, 5.74) is 2.63. The second kappa shape index (κ2) is 8.20. The summed E-state index contributed by atoms with van der Waals surface area (Å²) in [6.07, 6.45) is 4.19. The number of fused-ring (bicyclic) bond motifs is 1. The summed E-state index contributed by atoms with van der Waals surface area (Å²) in [6.45, 7) is 0.616.